The number of carbonyl (C=O) groups is 1. The Hall–Kier alpha value is -2.22. The van der Waals surface area contributed by atoms with E-state index >= 15 is 0 Å². The van der Waals surface area contributed by atoms with Crippen LogP contribution in [0.5, 0.6) is 0 Å². The van der Waals surface area contributed by atoms with E-state index < -0.39 is 17.1 Å². The minimum Gasteiger partial charge on any atom is -0.545 e. The van der Waals surface area contributed by atoms with Crippen LogP contribution in [0, 0.1) is 0 Å². The fourth-order valence-electron chi connectivity index (χ4n) is 2.08. The smallest absolute Gasteiger partial charge is 0.284 e. The van der Waals surface area contributed by atoms with Gasteiger partial charge in [-0.1, -0.05) is 0 Å². The van der Waals surface area contributed by atoms with Gasteiger partial charge in [0.2, 0.25) is 5.78 Å². The molecule has 0 radical (unpaired) electrons. The van der Waals surface area contributed by atoms with Crippen LogP contribution in [0.2, 0.25) is 0 Å². The largest absolute Gasteiger partial charge is 0.545 e. The molecule has 0 atom stereocenters. The molecule has 2 aromatic rings. The molecular formula is C14H23N5O3. The number of aromatic nitrogens is 4. The number of carbonyl (C=O) groups excluding carboxylic acids is 1. The van der Waals surface area contributed by atoms with Crippen LogP contribution in [0.3, 0.4) is 0 Å². The molecule has 122 valence electrons. The van der Waals surface area contributed by atoms with Gasteiger partial charge < -0.3 is 19.4 Å². The van der Waals surface area contributed by atoms with Gasteiger partial charge in [0.25, 0.3) is 5.56 Å². The molecule has 8 heteroatoms. The van der Waals surface area contributed by atoms with E-state index in [2.05, 4.69) is 30.9 Å². The molecule has 0 bridgehead atoms. The third kappa shape index (κ3) is 3.91. The number of hydrogen-bond acceptors (Lipinski definition) is 5. The van der Waals surface area contributed by atoms with E-state index in [1.54, 1.807) is 11.8 Å². The lowest BCUT2D eigenvalue weighted by Crippen LogP contribution is -3.11. The Morgan fingerprint density at radius 3 is 2.23 bits per heavy atom. The van der Waals surface area contributed by atoms with Crippen LogP contribution in [0.4, 0.5) is 0 Å². The van der Waals surface area contributed by atoms with Crippen molar-refractivity contribution in [3.05, 3.63) is 28.4 Å². The Kier molecular flexibility index (Phi) is 6.71. The summed E-state index contributed by atoms with van der Waals surface area (Å²) in [7, 11) is 0. The van der Waals surface area contributed by atoms with Crippen molar-refractivity contribution >= 4 is 11.7 Å². The minimum absolute atomic E-state index is 0.313. The Balaban J connectivity index is 0.000000295. The predicted octanol–water partition coefficient (Wildman–Crippen LogP) is -1.79. The summed E-state index contributed by atoms with van der Waals surface area (Å²) in [6.07, 6.45) is 2.41. The van der Waals surface area contributed by atoms with E-state index in [-0.39, 0.29) is 0 Å². The molecule has 0 aliphatic carbocycles. The molecule has 1 N–H and O–H groups in total. The molecule has 0 amide bonds. The zero-order valence-electron chi connectivity index (χ0n) is 13.5. The van der Waals surface area contributed by atoms with E-state index in [1.165, 1.54) is 36.7 Å². The van der Waals surface area contributed by atoms with Crippen LogP contribution in [0.1, 0.15) is 38.1 Å². The van der Waals surface area contributed by atoms with Gasteiger partial charge in [-0.2, -0.15) is 14.6 Å². The molecule has 22 heavy (non-hydrogen) atoms. The van der Waals surface area contributed by atoms with Gasteiger partial charge in [0, 0.05) is 12.7 Å². The molecule has 2 aromatic heterocycles. The van der Waals surface area contributed by atoms with Gasteiger partial charge in [-0.05, 0) is 27.7 Å². The Morgan fingerprint density at radius 1 is 1.23 bits per heavy atom. The first-order valence-corrected chi connectivity index (χ1v) is 7.48. The summed E-state index contributed by atoms with van der Waals surface area (Å²) in [5.41, 5.74) is -1.15. The third-order valence-electron chi connectivity index (χ3n) is 3.55. The van der Waals surface area contributed by atoms with Crippen molar-refractivity contribution in [2.45, 2.75) is 34.2 Å². The summed E-state index contributed by atoms with van der Waals surface area (Å²) in [6, 6.07) is 0. The lowest BCUT2D eigenvalue weighted by Gasteiger charge is -2.10. The highest BCUT2D eigenvalue weighted by Crippen LogP contribution is 1.98. The normalized spacial score (nSPS) is 10.6. The maximum atomic E-state index is 11.5. The van der Waals surface area contributed by atoms with Gasteiger partial charge >= 0.3 is 0 Å². The molecule has 0 aliphatic rings. The molecule has 0 aromatic carbocycles. The zero-order valence-corrected chi connectivity index (χ0v) is 13.5. The van der Waals surface area contributed by atoms with E-state index in [1.807, 2.05) is 0 Å². The molecule has 2 rings (SSSR count). The van der Waals surface area contributed by atoms with Gasteiger partial charge in [0.05, 0.1) is 31.2 Å². The number of carboxylic acid groups (broad SMARTS) is 1. The molecule has 8 nitrogen and oxygen atoms in total. The van der Waals surface area contributed by atoms with Crippen LogP contribution in [-0.4, -0.2) is 44.8 Å². The summed E-state index contributed by atoms with van der Waals surface area (Å²) in [6.45, 7) is 12.8. The van der Waals surface area contributed by atoms with Crippen molar-refractivity contribution < 1.29 is 14.8 Å². The number of rotatable bonds is 5. The van der Waals surface area contributed by atoms with Gasteiger partial charge in [0.15, 0.2) is 0 Å². The second-order valence-electron chi connectivity index (χ2n) is 4.70. The molecule has 0 spiro atoms. The number of fused-ring (bicyclic) bond motifs is 1. The molecule has 0 fully saturated rings. The van der Waals surface area contributed by atoms with E-state index in [4.69, 9.17) is 0 Å². The maximum Gasteiger partial charge on any atom is 0.284 e. The molecule has 0 aliphatic heterocycles. The average molecular weight is 309 g/mol. The first-order valence-electron chi connectivity index (χ1n) is 7.48. The monoisotopic (exact) mass is 309 g/mol. The lowest BCUT2D eigenvalue weighted by molar-refractivity contribution is -0.894. The lowest BCUT2D eigenvalue weighted by atomic mass is 10.3. The number of aromatic carboxylic acids is 1. The zero-order chi connectivity index (χ0) is 16.7. The van der Waals surface area contributed by atoms with Crippen LogP contribution in [-0.2, 0) is 6.54 Å². The first-order chi connectivity index (χ1) is 10.5. The number of hydrogen-bond donors (Lipinski definition) is 1. The maximum absolute atomic E-state index is 11.5. The number of nitrogens with zero attached hydrogens (tertiary/aromatic N) is 4. The fraction of sp³-hybridized carbons (Fsp3) is 0.571. The summed E-state index contributed by atoms with van der Waals surface area (Å²) in [5, 5.41) is 14.3. The van der Waals surface area contributed by atoms with Crippen LogP contribution >= 0.6 is 0 Å². The topological polar surface area (TPSA) is 96.8 Å². The molecule has 0 saturated carbocycles. The van der Waals surface area contributed by atoms with Crippen LogP contribution in [0.25, 0.3) is 5.78 Å². The summed E-state index contributed by atoms with van der Waals surface area (Å²) < 4.78 is 2.45. The second-order valence-corrected chi connectivity index (χ2v) is 4.70. The summed E-state index contributed by atoms with van der Waals surface area (Å²) in [5.74, 6) is -1.20. The molecule has 0 saturated heterocycles. The van der Waals surface area contributed by atoms with Crippen molar-refractivity contribution in [2.75, 3.05) is 19.6 Å². The Labute approximate surface area is 129 Å². The number of quaternary nitrogens is 1. The van der Waals surface area contributed by atoms with Crippen molar-refractivity contribution in [3.8, 4) is 0 Å². The highest BCUT2D eigenvalue weighted by molar-refractivity contribution is 5.85. The predicted molar refractivity (Wildman–Crippen MR) is 79.8 cm³/mol. The van der Waals surface area contributed by atoms with E-state index in [9.17, 15) is 14.7 Å². The van der Waals surface area contributed by atoms with Crippen molar-refractivity contribution in [2.24, 2.45) is 0 Å². The molecule has 0 unspecified atom stereocenters. The fourth-order valence-corrected chi connectivity index (χ4v) is 2.08. The Bertz CT molecular complexity index is 667. The van der Waals surface area contributed by atoms with Gasteiger partial charge in [-0.25, -0.2) is 0 Å². The summed E-state index contributed by atoms with van der Waals surface area (Å²) >= 11 is 0. The minimum atomic E-state index is -1.51. The van der Waals surface area contributed by atoms with Crippen molar-refractivity contribution in [3.63, 3.8) is 0 Å². The highest BCUT2D eigenvalue weighted by atomic mass is 16.4. The SMILES string of the molecule is CC[NH+](CC)CC.CCn1cc(C(=O)[O-])c(=O)n2ncnc12. The Morgan fingerprint density at radius 2 is 1.82 bits per heavy atom. The van der Waals surface area contributed by atoms with Crippen LogP contribution < -0.4 is 15.6 Å². The summed E-state index contributed by atoms with van der Waals surface area (Å²) in [4.78, 5) is 27.7. The van der Waals surface area contributed by atoms with E-state index in [0.29, 0.717) is 12.3 Å². The van der Waals surface area contributed by atoms with Crippen molar-refractivity contribution in [1.29, 1.82) is 0 Å². The van der Waals surface area contributed by atoms with Gasteiger partial charge in [-0.15, -0.1) is 0 Å². The van der Waals surface area contributed by atoms with Gasteiger partial charge in [0.1, 0.15) is 6.33 Å². The number of carboxylic acids is 1. The molecular weight excluding hydrogens is 286 g/mol. The van der Waals surface area contributed by atoms with Crippen molar-refractivity contribution in [1.82, 2.24) is 19.2 Å². The molecule has 2 heterocycles. The van der Waals surface area contributed by atoms with E-state index in [0.717, 1.165) is 4.52 Å². The number of nitrogens with one attached hydrogen (secondary N) is 1. The highest BCUT2D eigenvalue weighted by Gasteiger charge is 2.09. The standard InChI is InChI=1S/C8H8N4O3.C6H15N/c1-2-11-3-5(7(14)15)6(13)12-8(11)9-4-10-12;1-4-7(5-2)6-3/h3-4H,2H2,1H3,(H,14,15);4-6H2,1-3H3. The first kappa shape index (κ1) is 17.8. The van der Waals surface area contributed by atoms with Gasteiger partial charge in [-0.3, -0.25) is 4.79 Å². The van der Waals surface area contributed by atoms with Crippen LogP contribution in [0.15, 0.2) is 17.3 Å². The second kappa shape index (κ2) is 8.28. The quantitative estimate of drug-likeness (QED) is 0.703. The number of aryl methyl sites for hydroxylation is 1. The average Bonchev–Trinajstić information content (AvgIpc) is 3.00. The third-order valence-corrected chi connectivity index (χ3v) is 3.55.